The van der Waals surface area contributed by atoms with Gasteiger partial charge in [-0.2, -0.15) is 0 Å². The van der Waals surface area contributed by atoms with Crippen molar-refractivity contribution < 1.29 is 19.1 Å². The van der Waals surface area contributed by atoms with E-state index in [0.29, 0.717) is 30.6 Å². The molecular weight excluding hydrogens is 474 g/mol. The Hall–Kier alpha value is -4.12. The van der Waals surface area contributed by atoms with Crippen LogP contribution in [0.2, 0.25) is 0 Å². The van der Waals surface area contributed by atoms with Crippen LogP contribution in [0.5, 0.6) is 5.75 Å². The predicted molar refractivity (Wildman–Crippen MR) is 147 cm³/mol. The zero-order valence-corrected chi connectivity index (χ0v) is 22.1. The molecule has 5 heteroatoms. The Balaban J connectivity index is 1.48. The third kappa shape index (κ3) is 5.42. The minimum atomic E-state index is -0.495. The monoisotopic (exact) mass is 507 g/mol. The molecule has 0 saturated carbocycles. The van der Waals surface area contributed by atoms with Gasteiger partial charge in [0.15, 0.2) is 5.78 Å². The van der Waals surface area contributed by atoms with Crippen molar-refractivity contribution in [2.45, 2.75) is 58.2 Å². The van der Waals surface area contributed by atoms with Crippen molar-refractivity contribution in [1.29, 1.82) is 0 Å². The second-order valence-electron chi connectivity index (χ2n) is 10.2. The van der Waals surface area contributed by atoms with Crippen LogP contribution in [0.1, 0.15) is 62.1 Å². The van der Waals surface area contributed by atoms with Crippen LogP contribution in [-0.2, 0) is 20.9 Å². The molecule has 3 aromatic carbocycles. The molecule has 0 radical (unpaired) electrons. The third-order valence-corrected chi connectivity index (χ3v) is 7.12. The number of nitrogens with one attached hydrogen (secondary N) is 1. The van der Waals surface area contributed by atoms with Gasteiger partial charge < -0.3 is 14.8 Å². The number of ketones is 1. The Bertz CT molecular complexity index is 1370. The minimum Gasteiger partial charge on any atom is -0.489 e. The van der Waals surface area contributed by atoms with Crippen molar-refractivity contribution in [3.05, 3.63) is 124 Å². The molecule has 0 bridgehead atoms. The molecule has 2 aliphatic rings. The summed E-state index contributed by atoms with van der Waals surface area (Å²) in [7, 11) is 0. The van der Waals surface area contributed by atoms with Crippen LogP contribution >= 0.6 is 0 Å². The summed E-state index contributed by atoms with van der Waals surface area (Å²) in [6, 6.07) is 27.9. The number of Topliss-reactive ketones (excluding diaryl/α,β-unsaturated/α-hetero) is 1. The lowest BCUT2D eigenvalue weighted by atomic mass is 9.71. The van der Waals surface area contributed by atoms with Crippen molar-refractivity contribution in [3.8, 4) is 5.75 Å². The Morgan fingerprint density at radius 2 is 1.55 bits per heavy atom. The molecule has 194 valence electrons. The van der Waals surface area contributed by atoms with Gasteiger partial charge in [0.1, 0.15) is 12.4 Å². The second-order valence-corrected chi connectivity index (χ2v) is 10.2. The average molecular weight is 508 g/mol. The smallest absolute Gasteiger partial charge is 0.337 e. The van der Waals surface area contributed by atoms with Crippen molar-refractivity contribution >= 4 is 11.8 Å². The first-order valence-electron chi connectivity index (χ1n) is 13.2. The molecule has 5 nitrogen and oxygen atoms in total. The van der Waals surface area contributed by atoms with Gasteiger partial charge >= 0.3 is 5.97 Å². The first-order valence-corrected chi connectivity index (χ1v) is 13.2. The molecule has 38 heavy (non-hydrogen) atoms. The lowest BCUT2D eigenvalue weighted by Crippen LogP contribution is -2.36. The Labute approximate surface area is 224 Å². The Morgan fingerprint density at radius 3 is 2.21 bits per heavy atom. The van der Waals surface area contributed by atoms with E-state index in [4.69, 9.17) is 9.47 Å². The van der Waals surface area contributed by atoms with Gasteiger partial charge in [-0.15, -0.1) is 0 Å². The van der Waals surface area contributed by atoms with Gasteiger partial charge in [-0.3, -0.25) is 4.79 Å². The number of carbonyl (C=O) groups excluding carboxylic acids is 2. The van der Waals surface area contributed by atoms with Gasteiger partial charge in [-0.25, -0.2) is 4.79 Å². The van der Waals surface area contributed by atoms with E-state index in [1.807, 2.05) is 93.6 Å². The van der Waals surface area contributed by atoms with E-state index in [1.165, 1.54) is 0 Å². The summed E-state index contributed by atoms with van der Waals surface area (Å²) >= 11 is 0. The fourth-order valence-electron chi connectivity index (χ4n) is 5.38. The van der Waals surface area contributed by atoms with Crippen LogP contribution in [0.4, 0.5) is 0 Å². The molecule has 0 spiro atoms. The van der Waals surface area contributed by atoms with Gasteiger partial charge in [0.05, 0.1) is 11.7 Å². The van der Waals surface area contributed by atoms with Gasteiger partial charge in [-0.1, -0.05) is 72.8 Å². The molecule has 0 saturated heterocycles. The van der Waals surface area contributed by atoms with Gasteiger partial charge in [0, 0.05) is 29.3 Å². The number of allylic oxidation sites excluding steroid dienone is 3. The molecule has 1 aliphatic heterocycles. The number of ether oxygens (including phenoxy) is 2. The summed E-state index contributed by atoms with van der Waals surface area (Å²) in [5.41, 5.74) is 5.87. The summed E-state index contributed by atoms with van der Waals surface area (Å²) in [5.74, 6) is -0.00798. The quantitative estimate of drug-likeness (QED) is 0.366. The fraction of sp³-hybridized carbons (Fsp3) is 0.273. The highest BCUT2D eigenvalue weighted by Gasteiger charge is 2.41. The third-order valence-electron chi connectivity index (χ3n) is 7.12. The highest BCUT2D eigenvalue weighted by molar-refractivity contribution is 6.04. The van der Waals surface area contributed by atoms with E-state index in [0.717, 1.165) is 33.8 Å². The maximum Gasteiger partial charge on any atom is 0.337 e. The van der Waals surface area contributed by atoms with E-state index in [-0.39, 0.29) is 17.8 Å². The minimum absolute atomic E-state index is 0.0596. The van der Waals surface area contributed by atoms with E-state index in [9.17, 15) is 9.59 Å². The molecule has 1 heterocycles. The average Bonchev–Trinajstić information content (AvgIpc) is 2.92. The predicted octanol–water partition coefficient (Wildman–Crippen LogP) is 6.58. The molecule has 0 fully saturated rings. The van der Waals surface area contributed by atoms with Crippen molar-refractivity contribution in [2.75, 3.05) is 0 Å². The maximum absolute atomic E-state index is 13.7. The fourth-order valence-corrected chi connectivity index (χ4v) is 5.38. The van der Waals surface area contributed by atoms with Crippen LogP contribution < -0.4 is 10.1 Å². The highest BCUT2D eigenvalue weighted by Crippen LogP contribution is 2.46. The molecular formula is C33H33NO4. The molecule has 5 rings (SSSR count). The normalized spacial score (nSPS) is 19.2. The summed E-state index contributed by atoms with van der Waals surface area (Å²) < 4.78 is 11.6. The topological polar surface area (TPSA) is 64.6 Å². The summed E-state index contributed by atoms with van der Waals surface area (Å²) in [6.45, 7) is 6.02. The number of carbonyl (C=O) groups is 2. The zero-order valence-electron chi connectivity index (χ0n) is 22.1. The molecule has 3 aromatic rings. The number of benzene rings is 3. The summed E-state index contributed by atoms with van der Waals surface area (Å²) in [4.78, 5) is 27.0. The van der Waals surface area contributed by atoms with Crippen LogP contribution in [-0.4, -0.2) is 17.9 Å². The number of hydrogen-bond acceptors (Lipinski definition) is 5. The van der Waals surface area contributed by atoms with E-state index < -0.39 is 11.9 Å². The Morgan fingerprint density at radius 1 is 0.895 bits per heavy atom. The first-order chi connectivity index (χ1) is 18.4. The van der Waals surface area contributed by atoms with Crippen LogP contribution in [0, 0.1) is 0 Å². The van der Waals surface area contributed by atoms with E-state index >= 15 is 0 Å². The molecule has 0 aromatic heterocycles. The Kier molecular flexibility index (Phi) is 7.45. The van der Waals surface area contributed by atoms with Crippen LogP contribution in [0.3, 0.4) is 0 Å². The molecule has 1 aliphatic carbocycles. The van der Waals surface area contributed by atoms with Crippen molar-refractivity contribution in [2.24, 2.45) is 0 Å². The number of esters is 1. The lowest BCUT2D eigenvalue weighted by molar-refractivity contribution is -0.143. The second kappa shape index (κ2) is 11.1. The van der Waals surface area contributed by atoms with Crippen molar-refractivity contribution in [1.82, 2.24) is 5.32 Å². The molecule has 2 atom stereocenters. The molecule has 1 N–H and O–H groups in total. The number of rotatable bonds is 7. The SMILES string of the molecule is CC1=C(C(=O)OC(C)C)C(c2ccc(OCc3ccccc3)cc2)C2=C(CC(c3ccccc3)CC2=O)N1. The number of dihydropyridines is 1. The molecule has 0 amide bonds. The largest absolute Gasteiger partial charge is 0.489 e. The van der Waals surface area contributed by atoms with Crippen molar-refractivity contribution in [3.63, 3.8) is 0 Å². The summed E-state index contributed by atoms with van der Waals surface area (Å²) in [6.07, 6.45) is 0.853. The lowest BCUT2D eigenvalue weighted by Gasteiger charge is -2.37. The molecule has 2 unspecified atom stereocenters. The van der Waals surface area contributed by atoms with Crippen LogP contribution in [0.15, 0.2) is 107 Å². The van der Waals surface area contributed by atoms with Gasteiger partial charge in [0.2, 0.25) is 0 Å². The first kappa shape index (κ1) is 25.5. The van der Waals surface area contributed by atoms with E-state index in [2.05, 4.69) is 17.4 Å². The maximum atomic E-state index is 13.7. The standard InChI is InChI=1S/C33H33NO4/c1-21(2)38-33(36)30-22(3)34-28-18-26(24-12-8-5-9-13-24)19-29(35)32(28)31(30)25-14-16-27(17-15-25)37-20-23-10-6-4-7-11-23/h4-17,21,26,31,34H,18-20H2,1-3H3. The van der Waals surface area contributed by atoms with E-state index in [1.54, 1.807) is 0 Å². The van der Waals surface area contributed by atoms with Crippen LogP contribution in [0.25, 0.3) is 0 Å². The van der Waals surface area contributed by atoms with Gasteiger partial charge in [0.25, 0.3) is 0 Å². The zero-order chi connectivity index (χ0) is 26.6. The highest BCUT2D eigenvalue weighted by atomic mass is 16.5. The van der Waals surface area contributed by atoms with Gasteiger partial charge in [-0.05, 0) is 61.9 Å². The summed E-state index contributed by atoms with van der Waals surface area (Å²) in [5, 5.41) is 3.42. The number of hydrogen-bond donors (Lipinski definition) is 1.